The van der Waals surface area contributed by atoms with Crippen LogP contribution in [-0.2, 0) is 0 Å². The Labute approximate surface area is 111 Å². The molecule has 0 saturated carbocycles. The van der Waals surface area contributed by atoms with Crippen molar-refractivity contribution >= 4 is 21.7 Å². The molecule has 0 N–H and O–H groups in total. The zero-order valence-electron chi connectivity index (χ0n) is 10.3. The van der Waals surface area contributed by atoms with Crippen LogP contribution in [0.4, 0.5) is 5.82 Å². The summed E-state index contributed by atoms with van der Waals surface area (Å²) < 4.78 is 5.52. The molecule has 1 aromatic heterocycles. The molecule has 1 unspecified atom stereocenters. The predicted octanol–water partition coefficient (Wildman–Crippen LogP) is 2.55. The molecule has 5 heteroatoms. The van der Waals surface area contributed by atoms with Crippen molar-refractivity contribution in [1.82, 2.24) is 9.97 Å². The van der Waals surface area contributed by atoms with Crippen molar-refractivity contribution in [2.24, 2.45) is 0 Å². The number of nitrogens with zero attached hydrogens (tertiary/aromatic N) is 3. The van der Waals surface area contributed by atoms with Gasteiger partial charge >= 0.3 is 0 Å². The Bertz CT molecular complexity index is 386. The van der Waals surface area contributed by atoms with Gasteiger partial charge in [0.25, 0.3) is 0 Å². The van der Waals surface area contributed by atoms with Gasteiger partial charge < -0.3 is 9.64 Å². The van der Waals surface area contributed by atoms with Gasteiger partial charge in [-0.3, -0.25) is 0 Å². The van der Waals surface area contributed by atoms with Crippen molar-refractivity contribution in [2.75, 3.05) is 23.4 Å². The van der Waals surface area contributed by atoms with E-state index in [9.17, 15) is 0 Å². The van der Waals surface area contributed by atoms with E-state index in [1.807, 2.05) is 13.8 Å². The molecule has 2 heterocycles. The molecule has 1 aliphatic heterocycles. The highest BCUT2D eigenvalue weighted by Gasteiger charge is 2.26. The standard InChI is InChI=1S/C12H18BrN3O/c1-3-17-12-9(2)11(14-8-15-12)16-6-4-5-10(16)7-13/h8,10H,3-7H2,1-2H3. The van der Waals surface area contributed by atoms with E-state index in [0.717, 1.165) is 23.3 Å². The molecule has 0 spiro atoms. The Balaban J connectivity index is 2.28. The number of halogens is 1. The Morgan fingerprint density at radius 2 is 2.35 bits per heavy atom. The van der Waals surface area contributed by atoms with Crippen LogP contribution in [0.25, 0.3) is 0 Å². The summed E-state index contributed by atoms with van der Waals surface area (Å²) in [5, 5.41) is 0.987. The van der Waals surface area contributed by atoms with Crippen LogP contribution in [-0.4, -0.2) is 34.5 Å². The van der Waals surface area contributed by atoms with Crippen molar-refractivity contribution in [1.29, 1.82) is 0 Å². The smallest absolute Gasteiger partial charge is 0.221 e. The topological polar surface area (TPSA) is 38.3 Å². The summed E-state index contributed by atoms with van der Waals surface area (Å²) >= 11 is 3.57. The second kappa shape index (κ2) is 5.67. The average Bonchev–Trinajstić information content (AvgIpc) is 2.80. The van der Waals surface area contributed by atoms with Crippen LogP contribution in [0.2, 0.25) is 0 Å². The first-order chi connectivity index (χ1) is 8.27. The SMILES string of the molecule is CCOc1ncnc(N2CCCC2CBr)c1C. The molecule has 2 rings (SSSR count). The number of aromatic nitrogens is 2. The summed E-state index contributed by atoms with van der Waals surface area (Å²) in [7, 11) is 0. The van der Waals surface area contributed by atoms with Crippen molar-refractivity contribution in [2.45, 2.75) is 32.7 Å². The molecule has 17 heavy (non-hydrogen) atoms. The zero-order valence-corrected chi connectivity index (χ0v) is 11.9. The van der Waals surface area contributed by atoms with E-state index in [2.05, 4.69) is 30.8 Å². The highest BCUT2D eigenvalue weighted by molar-refractivity contribution is 9.09. The molecule has 94 valence electrons. The third-order valence-corrected chi connectivity index (χ3v) is 3.87. The fraction of sp³-hybridized carbons (Fsp3) is 0.667. The van der Waals surface area contributed by atoms with Crippen molar-refractivity contribution in [3.63, 3.8) is 0 Å². The fourth-order valence-electron chi connectivity index (χ4n) is 2.27. The molecule has 1 saturated heterocycles. The molecular weight excluding hydrogens is 282 g/mol. The Morgan fingerprint density at radius 1 is 1.53 bits per heavy atom. The number of anilines is 1. The largest absolute Gasteiger partial charge is 0.478 e. The first-order valence-electron chi connectivity index (χ1n) is 6.05. The molecule has 0 amide bonds. The predicted molar refractivity (Wildman–Crippen MR) is 72.1 cm³/mol. The summed E-state index contributed by atoms with van der Waals surface area (Å²) in [5.74, 6) is 1.73. The van der Waals surface area contributed by atoms with E-state index in [4.69, 9.17) is 4.74 Å². The summed E-state index contributed by atoms with van der Waals surface area (Å²) in [6.07, 6.45) is 4.04. The summed E-state index contributed by atoms with van der Waals surface area (Å²) in [5.41, 5.74) is 1.04. The Kier molecular flexibility index (Phi) is 4.20. The van der Waals surface area contributed by atoms with Crippen molar-refractivity contribution < 1.29 is 4.74 Å². The van der Waals surface area contributed by atoms with Gasteiger partial charge in [0.05, 0.1) is 12.2 Å². The number of ether oxygens (including phenoxy) is 1. The van der Waals surface area contributed by atoms with Gasteiger partial charge in [0.1, 0.15) is 12.1 Å². The van der Waals surface area contributed by atoms with E-state index in [1.165, 1.54) is 12.8 Å². The average molecular weight is 300 g/mol. The molecular formula is C12H18BrN3O. The van der Waals surface area contributed by atoms with E-state index in [1.54, 1.807) is 6.33 Å². The van der Waals surface area contributed by atoms with Crippen molar-refractivity contribution in [3.8, 4) is 5.88 Å². The molecule has 4 nitrogen and oxygen atoms in total. The van der Waals surface area contributed by atoms with Crippen LogP contribution in [0, 0.1) is 6.92 Å². The third-order valence-electron chi connectivity index (χ3n) is 3.12. The van der Waals surface area contributed by atoms with Gasteiger partial charge in [-0.2, -0.15) is 0 Å². The van der Waals surface area contributed by atoms with E-state index >= 15 is 0 Å². The van der Waals surface area contributed by atoms with Gasteiger partial charge in [-0.05, 0) is 26.7 Å². The normalized spacial score (nSPS) is 19.7. The molecule has 1 aromatic rings. The Hall–Kier alpha value is -0.840. The highest BCUT2D eigenvalue weighted by Crippen LogP contribution is 2.30. The van der Waals surface area contributed by atoms with Crippen LogP contribution in [0.15, 0.2) is 6.33 Å². The van der Waals surface area contributed by atoms with E-state index in [0.29, 0.717) is 18.5 Å². The molecule has 0 aliphatic carbocycles. The van der Waals surface area contributed by atoms with E-state index in [-0.39, 0.29) is 0 Å². The number of hydrogen-bond donors (Lipinski definition) is 0. The number of hydrogen-bond acceptors (Lipinski definition) is 4. The first-order valence-corrected chi connectivity index (χ1v) is 7.17. The lowest BCUT2D eigenvalue weighted by Gasteiger charge is -2.25. The lowest BCUT2D eigenvalue weighted by molar-refractivity contribution is 0.323. The summed E-state index contributed by atoms with van der Waals surface area (Å²) in [6.45, 7) is 5.71. The summed E-state index contributed by atoms with van der Waals surface area (Å²) in [6, 6.07) is 0.540. The molecule has 1 aliphatic rings. The van der Waals surface area contributed by atoms with Gasteiger partial charge in [0, 0.05) is 17.9 Å². The van der Waals surface area contributed by atoms with Gasteiger partial charge in [-0.1, -0.05) is 15.9 Å². The highest BCUT2D eigenvalue weighted by atomic mass is 79.9. The minimum atomic E-state index is 0.540. The zero-order chi connectivity index (χ0) is 12.3. The molecule has 1 atom stereocenters. The fourth-order valence-corrected chi connectivity index (χ4v) is 2.95. The maximum atomic E-state index is 5.52. The van der Waals surface area contributed by atoms with Crippen LogP contribution in [0.1, 0.15) is 25.3 Å². The van der Waals surface area contributed by atoms with Crippen LogP contribution >= 0.6 is 15.9 Å². The summed E-state index contributed by atoms with van der Waals surface area (Å²) in [4.78, 5) is 11.0. The molecule has 0 bridgehead atoms. The van der Waals surface area contributed by atoms with E-state index < -0.39 is 0 Å². The van der Waals surface area contributed by atoms with Crippen LogP contribution in [0.5, 0.6) is 5.88 Å². The van der Waals surface area contributed by atoms with Crippen molar-refractivity contribution in [3.05, 3.63) is 11.9 Å². The lowest BCUT2D eigenvalue weighted by Crippen LogP contribution is -2.31. The van der Waals surface area contributed by atoms with Gasteiger partial charge in [0.15, 0.2) is 0 Å². The minimum Gasteiger partial charge on any atom is -0.478 e. The molecule has 0 radical (unpaired) electrons. The van der Waals surface area contributed by atoms with Crippen LogP contribution < -0.4 is 9.64 Å². The number of alkyl halides is 1. The van der Waals surface area contributed by atoms with Crippen LogP contribution in [0.3, 0.4) is 0 Å². The maximum absolute atomic E-state index is 5.52. The monoisotopic (exact) mass is 299 g/mol. The second-order valence-corrected chi connectivity index (χ2v) is 4.85. The molecule has 1 fully saturated rings. The minimum absolute atomic E-state index is 0.540. The van der Waals surface area contributed by atoms with Gasteiger partial charge in [-0.25, -0.2) is 9.97 Å². The number of rotatable bonds is 4. The third kappa shape index (κ3) is 2.54. The Morgan fingerprint density at radius 3 is 3.06 bits per heavy atom. The quantitative estimate of drug-likeness (QED) is 0.801. The van der Waals surface area contributed by atoms with Gasteiger partial charge in [-0.15, -0.1) is 0 Å². The maximum Gasteiger partial charge on any atom is 0.221 e. The molecule has 0 aromatic carbocycles. The van der Waals surface area contributed by atoms with Gasteiger partial charge in [0.2, 0.25) is 5.88 Å². The second-order valence-electron chi connectivity index (χ2n) is 4.20. The first kappa shape index (κ1) is 12.6. The lowest BCUT2D eigenvalue weighted by atomic mass is 10.2.